The monoisotopic (exact) mass is 578 g/mol. The van der Waals surface area contributed by atoms with Gasteiger partial charge in [-0.05, 0) is 19.4 Å². The normalized spacial score (nSPS) is 51.2. The van der Waals surface area contributed by atoms with Crippen molar-refractivity contribution in [1.29, 1.82) is 0 Å². The van der Waals surface area contributed by atoms with Crippen molar-refractivity contribution >= 4 is 25.8 Å². The molecule has 18 nitrogen and oxygen atoms in total. The lowest BCUT2D eigenvalue weighted by molar-refractivity contribution is -0.312. The van der Waals surface area contributed by atoms with Crippen LogP contribution >= 0.6 is 7.82 Å². The molecule has 216 valence electrons. The first kappa shape index (κ1) is 27.0. The molecule has 4 unspecified atom stereocenters. The molecule has 0 aromatic carbocycles. The molecule has 7 aliphatic heterocycles. The number of urea groups is 2. The second-order valence-electron chi connectivity index (χ2n) is 10.3. The molecule has 5 fully saturated rings. The third-order valence-electron chi connectivity index (χ3n) is 7.94. The highest BCUT2D eigenvalue weighted by Crippen LogP contribution is 2.54. The molecule has 0 aliphatic carbocycles. The van der Waals surface area contributed by atoms with Gasteiger partial charge in [-0.2, -0.15) is 0 Å². The van der Waals surface area contributed by atoms with E-state index in [2.05, 4.69) is 10.6 Å². The van der Waals surface area contributed by atoms with Crippen LogP contribution in [0.4, 0.5) is 9.59 Å². The van der Waals surface area contributed by atoms with E-state index >= 15 is 0 Å². The summed E-state index contributed by atoms with van der Waals surface area (Å²) >= 11 is 0. The van der Waals surface area contributed by atoms with E-state index in [9.17, 15) is 44.3 Å². The van der Waals surface area contributed by atoms with Crippen molar-refractivity contribution in [3.63, 3.8) is 0 Å². The largest absolute Gasteiger partial charge is 0.472 e. The number of phosphoric ester groups is 1. The molecule has 5 amide bonds. The quantitative estimate of drug-likeness (QED) is 0.148. The topological polar surface area (TPSA) is 246 Å². The van der Waals surface area contributed by atoms with Gasteiger partial charge < -0.3 is 44.8 Å². The van der Waals surface area contributed by atoms with E-state index in [0.717, 1.165) is 9.80 Å². The van der Waals surface area contributed by atoms with E-state index in [1.807, 2.05) is 0 Å². The molecule has 7 aliphatic rings. The summed E-state index contributed by atoms with van der Waals surface area (Å²) in [4.78, 5) is 51.5. The summed E-state index contributed by atoms with van der Waals surface area (Å²) in [6, 6.07) is -3.27. The minimum absolute atomic E-state index is 0.244. The highest BCUT2D eigenvalue weighted by Gasteiger charge is 2.76. The van der Waals surface area contributed by atoms with Crippen LogP contribution in [0.5, 0.6) is 0 Å². The van der Waals surface area contributed by atoms with Crippen molar-refractivity contribution in [2.75, 3.05) is 13.2 Å². The Balaban J connectivity index is 1.49. The van der Waals surface area contributed by atoms with Crippen molar-refractivity contribution in [2.24, 2.45) is 0 Å². The summed E-state index contributed by atoms with van der Waals surface area (Å²) in [5.41, 5.74) is -3.34. The zero-order valence-electron chi connectivity index (χ0n) is 20.4. The van der Waals surface area contributed by atoms with Crippen LogP contribution in [0.15, 0.2) is 11.8 Å². The first-order valence-corrected chi connectivity index (χ1v) is 13.5. The molecule has 0 aromatic rings. The Morgan fingerprint density at radius 2 is 1.82 bits per heavy atom. The number of phosphoric acid groups is 1. The maximum Gasteiger partial charge on any atom is 0.472 e. The van der Waals surface area contributed by atoms with E-state index in [1.165, 1.54) is 20.0 Å². The van der Waals surface area contributed by atoms with Crippen LogP contribution in [-0.2, 0) is 32.6 Å². The third-order valence-corrected chi connectivity index (χ3v) is 8.93. The number of aliphatic hydroxyl groups is 4. The van der Waals surface area contributed by atoms with Crippen LogP contribution < -0.4 is 10.6 Å². The Morgan fingerprint density at radius 1 is 1.10 bits per heavy atom. The average molecular weight is 578 g/mol. The summed E-state index contributed by atoms with van der Waals surface area (Å²) in [7, 11) is -5.04. The van der Waals surface area contributed by atoms with Crippen LogP contribution in [0, 0.1) is 0 Å². The Kier molecular flexibility index (Phi) is 5.98. The lowest BCUT2D eigenvalue weighted by Gasteiger charge is -2.66. The smallest absolute Gasteiger partial charge is 0.394 e. The van der Waals surface area contributed by atoms with E-state index in [4.69, 9.17) is 23.3 Å². The molecule has 5 saturated heterocycles. The van der Waals surface area contributed by atoms with Gasteiger partial charge in [0, 0.05) is 6.20 Å². The average Bonchev–Trinajstić information content (AvgIpc) is 3.31. The third kappa shape index (κ3) is 3.65. The van der Waals surface area contributed by atoms with Crippen molar-refractivity contribution in [3.05, 3.63) is 11.8 Å². The lowest BCUT2D eigenvalue weighted by atomic mass is 9.72. The second kappa shape index (κ2) is 8.64. The molecule has 7 N–H and O–H groups in total. The molecule has 7 rings (SSSR count). The van der Waals surface area contributed by atoms with Gasteiger partial charge >= 0.3 is 19.9 Å². The summed E-state index contributed by atoms with van der Waals surface area (Å²) < 4.78 is 40.0. The number of rotatable bonds is 1. The fourth-order valence-corrected chi connectivity index (χ4v) is 6.98. The first-order chi connectivity index (χ1) is 18.2. The number of aliphatic hydroxyl groups excluding tert-OH is 4. The summed E-state index contributed by atoms with van der Waals surface area (Å²) in [5.74, 6) is -0.842. The molecular formula is C20H27N4O14P. The number of nitrogens with zero attached hydrogens (tertiary/aromatic N) is 2. The maximum atomic E-state index is 13.3. The molecule has 12 atom stereocenters. The molecule has 7 heterocycles. The Hall–Kier alpha value is -2.22. The highest BCUT2D eigenvalue weighted by atomic mass is 31.2. The van der Waals surface area contributed by atoms with E-state index in [1.54, 1.807) is 0 Å². The zero-order valence-corrected chi connectivity index (χ0v) is 21.3. The lowest BCUT2D eigenvalue weighted by Crippen LogP contribution is -2.91. The van der Waals surface area contributed by atoms with Crippen LogP contribution in [0.25, 0.3) is 0 Å². The van der Waals surface area contributed by atoms with Gasteiger partial charge in [0.05, 0.1) is 13.2 Å². The minimum atomic E-state index is -5.04. The Bertz CT molecular complexity index is 1200. The minimum Gasteiger partial charge on any atom is -0.394 e. The van der Waals surface area contributed by atoms with Gasteiger partial charge in [0.15, 0.2) is 23.8 Å². The Morgan fingerprint density at radius 3 is 2.51 bits per heavy atom. The number of carbonyl (C=O) groups excluding carboxylic acids is 3. The maximum absolute atomic E-state index is 13.3. The predicted octanol–water partition coefficient (Wildman–Crippen LogP) is -3.64. The summed E-state index contributed by atoms with van der Waals surface area (Å²) in [5, 5.41) is 46.8. The highest BCUT2D eigenvalue weighted by molar-refractivity contribution is 7.47. The molecule has 0 saturated carbocycles. The van der Waals surface area contributed by atoms with Crippen molar-refractivity contribution < 1.29 is 67.5 Å². The number of hydrogen-bond acceptors (Lipinski definition) is 13. The van der Waals surface area contributed by atoms with Gasteiger partial charge in [0.1, 0.15) is 42.7 Å². The van der Waals surface area contributed by atoms with Gasteiger partial charge in [-0.25, -0.2) is 14.2 Å². The van der Waals surface area contributed by atoms with Gasteiger partial charge in [0.2, 0.25) is 0 Å². The number of hydrogen-bond donors (Lipinski definition) is 7. The van der Waals surface area contributed by atoms with Gasteiger partial charge in [0.25, 0.3) is 5.91 Å². The van der Waals surface area contributed by atoms with Gasteiger partial charge in [-0.15, -0.1) is 0 Å². The van der Waals surface area contributed by atoms with E-state index < -0.39 is 105 Å². The van der Waals surface area contributed by atoms with E-state index in [0.29, 0.717) is 0 Å². The molecule has 1 spiro atoms. The van der Waals surface area contributed by atoms with Crippen molar-refractivity contribution in [3.8, 4) is 0 Å². The first-order valence-electron chi connectivity index (χ1n) is 12.0. The molecular weight excluding hydrogens is 551 g/mol. The molecule has 0 aromatic heterocycles. The Labute approximate surface area is 219 Å². The number of imide groups is 1. The summed E-state index contributed by atoms with van der Waals surface area (Å²) in [6.07, 6.45) is -11.6. The van der Waals surface area contributed by atoms with Gasteiger partial charge in [-0.3, -0.25) is 29.0 Å². The van der Waals surface area contributed by atoms with E-state index in [-0.39, 0.29) is 5.57 Å². The molecule has 6 bridgehead atoms. The number of fused-ring (bicyclic) bond motifs is 4. The number of nitrogens with one attached hydrogen (secondary N) is 2. The van der Waals surface area contributed by atoms with Crippen molar-refractivity contribution in [1.82, 2.24) is 20.4 Å². The standard InChI is InChI=1S/C20H27N4O14P/c1-6-3-23-13-10(27)9(26)8(36-13)5-34-39(32,33)37-12-7(4-25)35-14(11(12)28)24-15-19(2,16(29)21-17(24)30)38-20(6,15)22-18(23)31/h3,7-15,25-28H,4-5H2,1-2H3,(H,22,31)(H,32,33)(H,21,29,30)/t7-,8-,9-,10-,11-,12-,13-,14-,15?,19?,20?/m1/s1. The number of ether oxygens (including phenoxy) is 3. The van der Waals surface area contributed by atoms with Crippen LogP contribution in [-0.4, -0.2) is 133 Å². The number of amides is 5. The summed E-state index contributed by atoms with van der Waals surface area (Å²) in [6.45, 7) is 1.26. The van der Waals surface area contributed by atoms with Crippen LogP contribution in [0.1, 0.15) is 13.8 Å². The zero-order chi connectivity index (χ0) is 28.2. The fourth-order valence-electron chi connectivity index (χ4n) is 6.01. The predicted molar refractivity (Wildman–Crippen MR) is 119 cm³/mol. The molecule has 39 heavy (non-hydrogen) atoms. The fraction of sp³-hybridized carbons (Fsp3) is 0.750. The van der Waals surface area contributed by atoms with Crippen molar-refractivity contribution in [2.45, 2.75) is 80.3 Å². The molecule has 0 radical (unpaired) electrons. The van der Waals surface area contributed by atoms with Crippen LogP contribution in [0.2, 0.25) is 0 Å². The second-order valence-corrected chi connectivity index (χ2v) is 11.7. The number of carbonyl (C=O) groups is 3. The molecule has 19 heteroatoms. The van der Waals surface area contributed by atoms with Crippen LogP contribution in [0.3, 0.4) is 0 Å². The van der Waals surface area contributed by atoms with Gasteiger partial charge in [-0.1, -0.05) is 0 Å². The SMILES string of the molecule is CC1=CN2C(=O)NC13OC1(C)C(=O)NC(=O)N(C13)[C@@H]1O[C@H](CO)[C@@H](OP(=O)(O)OC[C@H]3O[C@@H]2[C@H](O)[C@@H]3O)[C@H]1O.